The lowest BCUT2D eigenvalue weighted by molar-refractivity contribution is -0.122. The number of para-hydroxylation sites is 1. The maximum Gasteiger partial charge on any atom is 0.162 e. The maximum atomic E-state index is 12.1. The number of ether oxygens (including phenoxy) is 1. The van der Waals surface area contributed by atoms with Crippen LogP contribution in [0.4, 0.5) is 0 Å². The number of hydrogen-bond acceptors (Lipinski definition) is 3. The largest absolute Gasteiger partial charge is 0.372 e. The predicted molar refractivity (Wildman–Crippen MR) is 105 cm³/mol. The summed E-state index contributed by atoms with van der Waals surface area (Å²) in [5.41, 5.74) is 3.89. The molecule has 0 aliphatic heterocycles. The molecule has 0 unspecified atom stereocenters. The van der Waals surface area contributed by atoms with Crippen molar-refractivity contribution in [3.8, 4) is 5.69 Å². The van der Waals surface area contributed by atoms with Crippen molar-refractivity contribution in [1.82, 2.24) is 9.78 Å². The Bertz CT molecular complexity index is 925. The van der Waals surface area contributed by atoms with E-state index in [4.69, 9.17) is 27.9 Å². The van der Waals surface area contributed by atoms with Gasteiger partial charge in [0.2, 0.25) is 0 Å². The molecule has 0 saturated heterocycles. The van der Waals surface area contributed by atoms with Crippen molar-refractivity contribution < 1.29 is 9.53 Å². The SMILES string of the molecule is O=C1C2=CC[C@@H]1C[C@@H](OCc1c(C3CC3)cnn1-c1c(Cl)cccc1Cl)C2. The lowest BCUT2D eigenvalue weighted by Gasteiger charge is -2.25. The number of nitrogens with zero attached hydrogens (tertiary/aromatic N) is 2. The van der Waals surface area contributed by atoms with Crippen molar-refractivity contribution in [2.24, 2.45) is 5.92 Å². The van der Waals surface area contributed by atoms with Gasteiger partial charge in [-0.2, -0.15) is 5.10 Å². The van der Waals surface area contributed by atoms with Crippen LogP contribution in [0.15, 0.2) is 36.0 Å². The minimum atomic E-state index is 0.0820. The third-order valence-electron chi connectivity index (χ3n) is 5.85. The highest BCUT2D eigenvalue weighted by Gasteiger charge is 2.37. The molecule has 5 rings (SSSR count). The molecule has 0 N–H and O–H groups in total. The Balaban J connectivity index is 1.43. The molecular weight excluding hydrogens is 383 g/mol. The summed E-state index contributed by atoms with van der Waals surface area (Å²) in [6.45, 7) is 0.451. The van der Waals surface area contributed by atoms with Gasteiger partial charge in [0, 0.05) is 12.3 Å². The molecule has 0 radical (unpaired) electrons. The number of aromatic nitrogens is 2. The molecule has 1 aromatic carbocycles. The smallest absolute Gasteiger partial charge is 0.162 e. The molecule has 3 aliphatic rings. The van der Waals surface area contributed by atoms with Gasteiger partial charge in [-0.05, 0) is 54.9 Å². The molecule has 6 heteroatoms. The van der Waals surface area contributed by atoms with Crippen LogP contribution in [0.25, 0.3) is 5.69 Å². The summed E-state index contributed by atoms with van der Waals surface area (Å²) in [7, 11) is 0. The molecule has 2 atom stereocenters. The second-order valence-corrected chi connectivity index (χ2v) is 8.52. The van der Waals surface area contributed by atoms with Crippen molar-refractivity contribution in [1.29, 1.82) is 0 Å². The summed E-state index contributed by atoms with van der Waals surface area (Å²) in [5.74, 6) is 0.983. The van der Waals surface area contributed by atoms with Crippen LogP contribution >= 0.6 is 23.2 Å². The molecule has 2 bridgehead atoms. The van der Waals surface area contributed by atoms with Crippen molar-refractivity contribution in [2.75, 3.05) is 0 Å². The minimum absolute atomic E-state index is 0.0820. The first-order valence-corrected chi connectivity index (χ1v) is 10.2. The first kappa shape index (κ1) is 17.5. The second-order valence-electron chi connectivity index (χ2n) is 7.70. The number of carbonyl (C=O) groups is 1. The average molecular weight is 403 g/mol. The van der Waals surface area contributed by atoms with E-state index in [1.54, 1.807) is 0 Å². The summed E-state index contributed by atoms with van der Waals surface area (Å²) in [5, 5.41) is 5.73. The Morgan fingerprint density at radius 1 is 1.19 bits per heavy atom. The molecule has 2 saturated carbocycles. The highest BCUT2D eigenvalue weighted by Crippen LogP contribution is 2.43. The molecule has 4 nitrogen and oxygen atoms in total. The van der Waals surface area contributed by atoms with E-state index in [-0.39, 0.29) is 12.0 Å². The first-order chi connectivity index (χ1) is 13.1. The lowest BCUT2D eigenvalue weighted by Crippen LogP contribution is -2.28. The molecular formula is C21H20Cl2N2O2. The highest BCUT2D eigenvalue weighted by molar-refractivity contribution is 6.37. The van der Waals surface area contributed by atoms with E-state index in [1.165, 1.54) is 18.4 Å². The highest BCUT2D eigenvalue weighted by atomic mass is 35.5. The Kier molecular flexibility index (Phi) is 4.38. The van der Waals surface area contributed by atoms with E-state index in [0.29, 0.717) is 34.0 Å². The van der Waals surface area contributed by atoms with Gasteiger partial charge in [-0.25, -0.2) is 4.68 Å². The zero-order valence-corrected chi connectivity index (χ0v) is 16.3. The summed E-state index contributed by atoms with van der Waals surface area (Å²) in [4.78, 5) is 12.1. The number of carbonyl (C=O) groups excluding carboxylic acids is 1. The predicted octanol–water partition coefficient (Wildman–Crippen LogP) is 5.25. The van der Waals surface area contributed by atoms with E-state index < -0.39 is 0 Å². The zero-order chi connectivity index (χ0) is 18.5. The van der Waals surface area contributed by atoms with E-state index in [0.717, 1.165) is 30.5 Å². The Morgan fingerprint density at radius 3 is 2.67 bits per heavy atom. The number of ketones is 1. The van der Waals surface area contributed by atoms with Crippen LogP contribution in [0.2, 0.25) is 10.0 Å². The van der Waals surface area contributed by atoms with Crippen LogP contribution in [0.3, 0.4) is 0 Å². The second kappa shape index (κ2) is 6.77. The van der Waals surface area contributed by atoms with Crippen molar-refractivity contribution in [3.63, 3.8) is 0 Å². The van der Waals surface area contributed by atoms with Crippen molar-refractivity contribution >= 4 is 29.0 Å². The molecule has 1 aromatic heterocycles. The van der Waals surface area contributed by atoms with Crippen LogP contribution in [0.5, 0.6) is 0 Å². The van der Waals surface area contributed by atoms with Gasteiger partial charge in [-0.15, -0.1) is 0 Å². The van der Waals surface area contributed by atoms with Gasteiger partial charge < -0.3 is 4.74 Å². The van der Waals surface area contributed by atoms with E-state index in [2.05, 4.69) is 11.2 Å². The van der Waals surface area contributed by atoms with Gasteiger partial charge in [0.25, 0.3) is 0 Å². The van der Waals surface area contributed by atoms with Crippen LogP contribution in [-0.4, -0.2) is 21.7 Å². The number of benzene rings is 1. The molecule has 0 amide bonds. The molecule has 3 aliphatic carbocycles. The molecule has 140 valence electrons. The monoisotopic (exact) mass is 402 g/mol. The number of hydrogen-bond donors (Lipinski definition) is 0. The summed E-state index contributed by atoms with van der Waals surface area (Å²) < 4.78 is 8.11. The van der Waals surface area contributed by atoms with Crippen molar-refractivity contribution in [3.05, 3.63) is 57.3 Å². The topological polar surface area (TPSA) is 44.1 Å². The molecule has 27 heavy (non-hydrogen) atoms. The number of Topliss-reactive ketones (excluding diaryl/α,β-unsaturated/α-hetero) is 1. The lowest BCUT2D eigenvalue weighted by atomic mass is 9.87. The summed E-state index contributed by atoms with van der Waals surface area (Å²) >= 11 is 12.8. The fourth-order valence-electron chi connectivity index (χ4n) is 4.26. The van der Waals surface area contributed by atoms with Crippen LogP contribution in [0.1, 0.15) is 49.3 Å². The molecule has 2 fully saturated rings. The Hall–Kier alpha value is -1.62. The first-order valence-electron chi connectivity index (χ1n) is 9.48. The Morgan fingerprint density at radius 2 is 1.96 bits per heavy atom. The van der Waals surface area contributed by atoms with Gasteiger partial charge in [0.1, 0.15) is 5.69 Å². The standard InChI is InChI=1S/C21H20Cl2N2O2/c22-17-2-1-3-18(23)20(17)25-19(16(10-24-25)12-4-5-12)11-27-15-8-13-6-7-14(9-15)21(13)26/h1-3,6,10,12,14-15H,4-5,7-9,11H2/t14-,15+/m1/s1. The van der Waals surface area contributed by atoms with E-state index in [1.807, 2.05) is 29.1 Å². The van der Waals surface area contributed by atoms with E-state index >= 15 is 0 Å². The third-order valence-corrected chi connectivity index (χ3v) is 6.46. The fraction of sp³-hybridized carbons (Fsp3) is 0.429. The van der Waals surface area contributed by atoms with Gasteiger partial charge in [0.15, 0.2) is 5.78 Å². The van der Waals surface area contributed by atoms with Gasteiger partial charge in [0.05, 0.1) is 34.6 Å². The fourth-order valence-corrected chi connectivity index (χ4v) is 4.82. The van der Waals surface area contributed by atoms with E-state index in [9.17, 15) is 4.79 Å². The van der Waals surface area contributed by atoms with Crippen LogP contribution in [-0.2, 0) is 16.1 Å². The number of allylic oxidation sites excluding steroid dienone is 1. The zero-order valence-electron chi connectivity index (χ0n) is 14.8. The average Bonchev–Trinajstić information content (AvgIpc) is 3.38. The maximum absolute atomic E-state index is 12.1. The normalized spacial score (nSPS) is 24.4. The summed E-state index contributed by atoms with van der Waals surface area (Å²) in [6, 6.07) is 5.48. The molecule has 1 heterocycles. The third kappa shape index (κ3) is 3.14. The van der Waals surface area contributed by atoms with Gasteiger partial charge in [-0.3, -0.25) is 4.79 Å². The summed E-state index contributed by atoms with van der Waals surface area (Å²) in [6.07, 6.45) is 8.84. The molecule has 0 spiro atoms. The minimum Gasteiger partial charge on any atom is -0.372 e. The quantitative estimate of drug-likeness (QED) is 0.685. The number of fused-ring (bicyclic) bond motifs is 2. The van der Waals surface area contributed by atoms with Crippen LogP contribution in [0, 0.1) is 5.92 Å². The Labute approximate surface area is 168 Å². The van der Waals surface area contributed by atoms with Gasteiger partial charge >= 0.3 is 0 Å². The number of halogens is 2. The number of rotatable bonds is 5. The van der Waals surface area contributed by atoms with Gasteiger partial charge in [-0.1, -0.05) is 35.3 Å². The molecule has 2 aromatic rings. The van der Waals surface area contributed by atoms with Crippen LogP contribution < -0.4 is 0 Å². The van der Waals surface area contributed by atoms with Crippen molar-refractivity contribution in [2.45, 2.75) is 50.7 Å².